The molecule has 0 radical (unpaired) electrons. The second kappa shape index (κ2) is 8.17. The molecule has 4 nitrogen and oxygen atoms in total. The molecular weight excluding hydrogens is 381 g/mol. The highest BCUT2D eigenvalue weighted by atomic mass is 35.5. The van der Waals surface area contributed by atoms with Gasteiger partial charge < -0.3 is 9.88 Å². The number of aromatic nitrogens is 1. The highest BCUT2D eigenvalue weighted by Crippen LogP contribution is 2.29. The van der Waals surface area contributed by atoms with Crippen LogP contribution < -0.4 is 10.9 Å². The molecule has 27 heavy (non-hydrogen) atoms. The number of carbonyl (C=O) groups is 1. The van der Waals surface area contributed by atoms with Crippen LogP contribution in [0.2, 0.25) is 5.02 Å². The van der Waals surface area contributed by atoms with E-state index in [1.165, 1.54) is 0 Å². The zero-order valence-electron chi connectivity index (χ0n) is 15.2. The molecule has 8 heteroatoms. The Labute approximate surface area is 160 Å². The minimum absolute atomic E-state index is 0.0399. The third kappa shape index (κ3) is 5.35. The van der Waals surface area contributed by atoms with Crippen LogP contribution >= 0.6 is 11.6 Å². The summed E-state index contributed by atoms with van der Waals surface area (Å²) >= 11 is 5.61. The van der Waals surface area contributed by atoms with Gasteiger partial charge in [0.05, 0.1) is 5.56 Å². The molecule has 1 amide bonds. The van der Waals surface area contributed by atoms with Crippen molar-refractivity contribution in [3.63, 3.8) is 0 Å². The standard InChI is InChI=1S/C19H20ClF3N2O2/c1-11-7-12(2)17(13(3)8-11)24-16(26)5-4-6-25-10-14(19(21,22)23)9-15(20)18(25)27/h7-10H,4-6H2,1-3H3,(H,24,26). The predicted octanol–water partition coefficient (Wildman–Crippen LogP) is 4.86. The van der Waals surface area contributed by atoms with Gasteiger partial charge in [0.25, 0.3) is 5.56 Å². The van der Waals surface area contributed by atoms with Crippen molar-refractivity contribution in [1.82, 2.24) is 4.57 Å². The van der Waals surface area contributed by atoms with Crippen molar-refractivity contribution in [3.05, 3.63) is 62.0 Å². The number of benzene rings is 1. The lowest BCUT2D eigenvalue weighted by Gasteiger charge is -2.14. The van der Waals surface area contributed by atoms with Crippen molar-refractivity contribution < 1.29 is 18.0 Å². The summed E-state index contributed by atoms with van der Waals surface area (Å²) in [5.74, 6) is -0.267. The highest BCUT2D eigenvalue weighted by molar-refractivity contribution is 6.30. The minimum Gasteiger partial charge on any atom is -0.326 e. The number of carbonyl (C=O) groups excluding carboxylic acids is 1. The molecule has 0 aliphatic heterocycles. The average Bonchev–Trinajstić information content (AvgIpc) is 2.53. The molecule has 0 spiro atoms. The van der Waals surface area contributed by atoms with Crippen LogP contribution in [0.25, 0.3) is 0 Å². The molecular formula is C19H20ClF3N2O2. The van der Waals surface area contributed by atoms with E-state index < -0.39 is 22.3 Å². The number of rotatable bonds is 5. The fraction of sp³-hybridized carbons (Fsp3) is 0.368. The SMILES string of the molecule is Cc1cc(C)c(NC(=O)CCCn2cc(C(F)(F)F)cc(Cl)c2=O)c(C)c1. The number of nitrogens with zero attached hydrogens (tertiary/aromatic N) is 1. The number of hydrogen-bond donors (Lipinski definition) is 1. The maximum atomic E-state index is 12.8. The summed E-state index contributed by atoms with van der Waals surface area (Å²) in [5, 5.41) is 2.32. The number of anilines is 1. The zero-order valence-corrected chi connectivity index (χ0v) is 16.0. The Bertz CT molecular complexity index is 897. The van der Waals surface area contributed by atoms with Crippen LogP contribution in [0.3, 0.4) is 0 Å². The van der Waals surface area contributed by atoms with Crippen molar-refractivity contribution >= 4 is 23.2 Å². The van der Waals surface area contributed by atoms with Gasteiger partial charge >= 0.3 is 6.18 Å². The molecule has 1 aromatic carbocycles. The molecule has 2 rings (SSSR count). The molecule has 0 fully saturated rings. The van der Waals surface area contributed by atoms with Gasteiger partial charge in [0.2, 0.25) is 5.91 Å². The van der Waals surface area contributed by atoms with Gasteiger partial charge in [-0.3, -0.25) is 9.59 Å². The Morgan fingerprint density at radius 2 is 1.74 bits per heavy atom. The van der Waals surface area contributed by atoms with Crippen molar-refractivity contribution in [2.45, 2.75) is 46.3 Å². The largest absolute Gasteiger partial charge is 0.417 e. The second-order valence-corrected chi connectivity index (χ2v) is 6.91. The Morgan fingerprint density at radius 3 is 2.30 bits per heavy atom. The van der Waals surface area contributed by atoms with E-state index in [2.05, 4.69) is 5.32 Å². The fourth-order valence-electron chi connectivity index (χ4n) is 2.91. The van der Waals surface area contributed by atoms with Gasteiger partial charge in [-0.1, -0.05) is 29.3 Å². The summed E-state index contributed by atoms with van der Waals surface area (Å²) in [6, 6.07) is 4.51. The molecule has 0 atom stereocenters. The number of alkyl halides is 3. The Hall–Kier alpha value is -2.28. The first-order chi connectivity index (χ1) is 12.5. The van der Waals surface area contributed by atoms with Crippen LogP contribution in [-0.2, 0) is 17.5 Å². The van der Waals surface area contributed by atoms with E-state index in [-0.39, 0.29) is 25.3 Å². The maximum Gasteiger partial charge on any atom is 0.417 e. The smallest absolute Gasteiger partial charge is 0.326 e. The van der Waals surface area contributed by atoms with Crippen LogP contribution in [0.4, 0.5) is 18.9 Å². The van der Waals surface area contributed by atoms with Crippen LogP contribution in [0.5, 0.6) is 0 Å². The van der Waals surface area contributed by atoms with Crippen molar-refractivity contribution in [1.29, 1.82) is 0 Å². The first-order valence-electron chi connectivity index (χ1n) is 8.34. The summed E-state index contributed by atoms with van der Waals surface area (Å²) in [6.45, 7) is 5.70. The van der Waals surface area contributed by atoms with Gasteiger partial charge in [0.15, 0.2) is 0 Å². The van der Waals surface area contributed by atoms with E-state index >= 15 is 0 Å². The van der Waals surface area contributed by atoms with Gasteiger partial charge in [-0.15, -0.1) is 0 Å². The third-order valence-corrected chi connectivity index (χ3v) is 4.38. The number of hydrogen-bond acceptors (Lipinski definition) is 2. The van der Waals surface area contributed by atoms with E-state index in [0.29, 0.717) is 6.07 Å². The number of nitrogens with one attached hydrogen (secondary N) is 1. The molecule has 2 aromatic rings. The lowest BCUT2D eigenvalue weighted by molar-refractivity contribution is -0.138. The monoisotopic (exact) mass is 400 g/mol. The zero-order chi connectivity index (χ0) is 20.4. The van der Waals surface area contributed by atoms with E-state index in [4.69, 9.17) is 11.6 Å². The normalized spacial score (nSPS) is 11.5. The molecule has 0 aliphatic carbocycles. The third-order valence-electron chi connectivity index (χ3n) is 4.11. The second-order valence-electron chi connectivity index (χ2n) is 6.50. The number of aryl methyl sites for hydroxylation is 4. The van der Waals surface area contributed by atoms with Crippen LogP contribution in [-0.4, -0.2) is 10.5 Å². The summed E-state index contributed by atoms with van der Waals surface area (Å²) in [4.78, 5) is 24.1. The van der Waals surface area contributed by atoms with Crippen molar-refractivity contribution in [2.24, 2.45) is 0 Å². The van der Waals surface area contributed by atoms with E-state index in [1.54, 1.807) is 0 Å². The number of halogens is 4. The molecule has 146 valence electrons. The maximum absolute atomic E-state index is 12.8. The quantitative estimate of drug-likeness (QED) is 0.778. The molecule has 1 aromatic heterocycles. The van der Waals surface area contributed by atoms with Gasteiger partial charge in [0, 0.05) is 24.8 Å². The summed E-state index contributed by atoms with van der Waals surface area (Å²) in [6.07, 6.45) is -3.61. The first kappa shape index (κ1) is 21.0. The highest BCUT2D eigenvalue weighted by Gasteiger charge is 2.32. The van der Waals surface area contributed by atoms with Crippen LogP contribution in [0.1, 0.15) is 35.1 Å². The van der Waals surface area contributed by atoms with Gasteiger partial charge in [-0.25, -0.2) is 0 Å². The van der Waals surface area contributed by atoms with Crippen LogP contribution in [0, 0.1) is 20.8 Å². The average molecular weight is 401 g/mol. The topological polar surface area (TPSA) is 51.1 Å². The van der Waals surface area contributed by atoms with Crippen LogP contribution in [0.15, 0.2) is 29.2 Å². The van der Waals surface area contributed by atoms with Crippen molar-refractivity contribution in [2.75, 3.05) is 5.32 Å². The van der Waals surface area contributed by atoms with E-state index in [0.717, 1.165) is 33.1 Å². The summed E-state index contributed by atoms with van der Waals surface area (Å²) < 4.78 is 39.4. The lowest BCUT2D eigenvalue weighted by atomic mass is 10.0. The van der Waals surface area contributed by atoms with Gasteiger partial charge in [0.1, 0.15) is 5.02 Å². The molecule has 0 unspecified atom stereocenters. The van der Waals surface area contributed by atoms with E-state index in [9.17, 15) is 22.8 Å². The molecule has 0 aliphatic rings. The van der Waals surface area contributed by atoms with Gasteiger partial charge in [-0.05, 0) is 44.4 Å². The Balaban J connectivity index is 2.04. The molecule has 1 heterocycles. The number of pyridine rings is 1. The van der Waals surface area contributed by atoms with Crippen molar-refractivity contribution in [3.8, 4) is 0 Å². The first-order valence-corrected chi connectivity index (χ1v) is 8.71. The minimum atomic E-state index is -4.60. The van der Waals surface area contributed by atoms with Gasteiger partial charge in [-0.2, -0.15) is 13.2 Å². The summed E-state index contributed by atoms with van der Waals surface area (Å²) in [7, 11) is 0. The molecule has 0 bridgehead atoms. The number of amides is 1. The summed E-state index contributed by atoms with van der Waals surface area (Å²) in [5.41, 5.74) is 1.97. The molecule has 1 N–H and O–H groups in total. The molecule has 0 saturated heterocycles. The Kier molecular flexibility index (Phi) is 6.36. The Morgan fingerprint density at radius 1 is 1.15 bits per heavy atom. The predicted molar refractivity (Wildman–Crippen MR) is 99.2 cm³/mol. The molecule has 0 saturated carbocycles. The fourth-order valence-corrected chi connectivity index (χ4v) is 3.14. The van der Waals surface area contributed by atoms with E-state index in [1.807, 2.05) is 32.9 Å². The lowest BCUT2D eigenvalue weighted by Crippen LogP contribution is -2.23.